The quantitative estimate of drug-likeness (QED) is 0.869. The van der Waals surface area contributed by atoms with Crippen molar-refractivity contribution in [2.24, 2.45) is 0 Å². The molecule has 1 aromatic carbocycles. The van der Waals surface area contributed by atoms with Crippen LogP contribution in [0.15, 0.2) is 35.7 Å². The van der Waals surface area contributed by atoms with Crippen LogP contribution in [0.4, 0.5) is 11.4 Å². The Labute approximate surface area is 133 Å². The molecule has 1 aromatic heterocycles. The normalized spacial score (nSPS) is 21.0. The first-order valence-corrected chi connectivity index (χ1v) is 8.21. The molecular weight excluding hydrogens is 304 g/mol. The Bertz CT molecular complexity index is 653. The van der Waals surface area contributed by atoms with Gasteiger partial charge in [0.2, 0.25) is 5.91 Å². The molecule has 110 valence electrons. The van der Waals surface area contributed by atoms with Crippen LogP contribution in [0.3, 0.4) is 0 Å². The summed E-state index contributed by atoms with van der Waals surface area (Å²) in [5.74, 6) is 0.104. The van der Waals surface area contributed by atoms with Crippen LogP contribution in [0.5, 0.6) is 0 Å². The average molecular weight is 321 g/mol. The summed E-state index contributed by atoms with van der Waals surface area (Å²) in [5, 5.41) is 6.34. The number of carbonyl (C=O) groups excluding carboxylic acids is 1. The largest absolute Gasteiger partial charge is 0.377 e. The van der Waals surface area contributed by atoms with Crippen LogP contribution in [0, 0.1) is 0 Å². The molecule has 0 spiro atoms. The molecule has 0 saturated heterocycles. The van der Waals surface area contributed by atoms with Crippen molar-refractivity contribution < 1.29 is 4.79 Å². The van der Waals surface area contributed by atoms with Crippen LogP contribution in [-0.4, -0.2) is 11.9 Å². The maximum Gasteiger partial charge on any atom is 0.224 e. The Morgan fingerprint density at radius 2 is 2.05 bits per heavy atom. The lowest BCUT2D eigenvalue weighted by Crippen LogP contribution is -2.42. The number of fused-ring (bicyclic) bond motifs is 1. The number of nitrogens with zero attached hydrogens (tertiary/aromatic N) is 1. The van der Waals surface area contributed by atoms with Crippen molar-refractivity contribution in [3.8, 4) is 0 Å². The summed E-state index contributed by atoms with van der Waals surface area (Å²) < 4.78 is 0. The number of rotatable bonds is 2. The number of amides is 1. The second-order valence-corrected chi connectivity index (χ2v) is 6.73. The molecule has 3 nitrogen and oxygen atoms in total. The van der Waals surface area contributed by atoms with E-state index in [1.165, 1.54) is 4.88 Å². The van der Waals surface area contributed by atoms with E-state index in [1.54, 1.807) is 18.3 Å². The Hall–Kier alpha value is -1.52. The van der Waals surface area contributed by atoms with Gasteiger partial charge >= 0.3 is 0 Å². The van der Waals surface area contributed by atoms with Gasteiger partial charge < -0.3 is 10.2 Å². The molecule has 5 heteroatoms. The second kappa shape index (κ2) is 5.70. The van der Waals surface area contributed by atoms with E-state index in [0.29, 0.717) is 0 Å². The van der Waals surface area contributed by atoms with Crippen molar-refractivity contribution in [1.82, 2.24) is 0 Å². The third-order valence-electron chi connectivity index (χ3n) is 3.79. The Balaban J connectivity index is 1.89. The predicted octanol–water partition coefficient (Wildman–Crippen LogP) is 4.70. The zero-order valence-electron chi connectivity index (χ0n) is 12.0. The Morgan fingerprint density at radius 3 is 2.71 bits per heavy atom. The average Bonchev–Trinajstić information content (AvgIpc) is 2.90. The molecule has 0 saturated carbocycles. The molecule has 21 heavy (non-hydrogen) atoms. The highest BCUT2D eigenvalue weighted by atomic mass is 35.5. The first-order valence-electron chi connectivity index (χ1n) is 6.95. The first-order chi connectivity index (χ1) is 10.1. The highest BCUT2D eigenvalue weighted by Gasteiger charge is 2.33. The molecule has 0 unspecified atom stereocenters. The minimum Gasteiger partial charge on any atom is -0.377 e. The van der Waals surface area contributed by atoms with Gasteiger partial charge in [0.15, 0.2) is 0 Å². The standard InChI is InChI=1S/C16H17ClN2OS/c1-10-9-14(18-13-5-3-12(17)4-6-13)16-15(7-8-21-16)19(10)11(2)20/h3-8,10,14,18H,9H2,1-2H3/t10-,14-/m1/s1. The molecule has 2 heterocycles. The summed E-state index contributed by atoms with van der Waals surface area (Å²) in [6.07, 6.45) is 0.899. The highest BCUT2D eigenvalue weighted by molar-refractivity contribution is 7.10. The number of anilines is 2. The van der Waals surface area contributed by atoms with Crippen LogP contribution in [0.1, 0.15) is 31.2 Å². The lowest BCUT2D eigenvalue weighted by atomic mass is 9.98. The Kier molecular flexibility index (Phi) is 3.91. The van der Waals surface area contributed by atoms with Gasteiger partial charge in [-0.1, -0.05) is 11.6 Å². The molecule has 2 aromatic rings. The lowest BCUT2D eigenvalue weighted by Gasteiger charge is -2.37. The van der Waals surface area contributed by atoms with E-state index < -0.39 is 0 Å². The molecule has 0 aliphatic carbocycles. The van der Waals surface area contributed by atoms with Crippen molar-refractivity contribution in [3.63, 3.8) is 0 Å². The van der Waals surface area contributed by atoms with E-state index in [-0.39, 0.29) is 18.0 Å². The molecule has 1 aliphatic rings. The van der Waals surface area contributed by atoms with Crippen molar-refractivity contribution >= 4 is 40.2 Å². The van der Waals surface area contributed by atoms with Gasteiger partial charge in [-0.2, -0.15) is 0 Å². The zero-order chi connectivity index (χ0) is 15.0. The van der Waals surface area contributed by atoms with Crippen LogP contribution in [0.2, 0.25) is 5.02 Å². The fraction of sp³-hybridized carbons (Fsp3) is 0.312. The number of hydrogen-bond donors (Lipinski definition) is 1. The van der Waals surface area contributed by atoms with E-state index in [0.717, 1.165) is 22.8 Å². The fourth-order valence-corrected chi connectivity index (χ4v) is 3.99. The number of hydrogen-bond acceptors (Lipinski definition) is 3. The van der Waals surface area contributed by atoms with Crippen molar-refractivity contribution in [2.45, 2.75) is 32.4 Å². The van der Waals surface area contributed by atoms with Gasteiger partial charge in [-0.3, -0.25) is 4.79 Å². The number of carbonyl (C=O) groups is 1. The molecule has 0 bridgehead atoms. The van der Waals surface area contributed by atoms with Crippen molar-refractivity contribution in [2.75, 3.05) is 10.2 Å². The second-order valence-electron chi connectivity index (χ2n) is 5.35. The lowest BCUT2D eigenvalue weighted by molar-refractivity contribution is -0.117. The van der Waals surface area contributed by atoms with Crippen molar-refractivity contribution in [1.29, 1.82) is 0 Å². The van der Waals surface area contributed by atoms with Gasteiger partial charge in [-0.05, 0) is 49.1 Å². The van der Waals surface area contributed by atoms with Gasteiger partial charge in [0.25, 0.3) is 0 Å². The Morgan fingerprint density at radius 1 is 1.33 bits per heavy atom. The van der Waals surface area contributed by atoms with Gasteiger partial charge in [0, 0.05) is 23.7 Å². The van der Waals surface area contributed by atoms with Crippen molar-refractivity contribution in [3.05, 3.63) is 45.6 Å². The summed E-state index contributed by atoms with van der Waals surface area (Å²) in [6.45, 7) is 3.73. The fourth-order valence-electron chi connectivity index (χ4n) is 2.92. The zero-order valence-corrected chi connectivity index (χ0v) is 13.5. The molecule has 1 amide bonds. The van der Waals surface area contributed by atoms with Gasteiger partial charge in [0.05, 0.1) is 16.6 Å². The smallest absolute Gasteiger partial charge is 0.224 e. The molecular formula is C16H17ClN2OS. The summed E-state index contributed by atoms with van der Waals surface area (Å²) in [7, 11) is 0. The minimum absolute atomic E-state index is 0.104. The van der Waals surface area contributed by atoms with Crippen LogP contribution >= 0.6 is 22.9 Å². The maximum absolute atomic E-state index is 11.9. The number of thiophene rings is 1. The highest BCUT2D eigenvalue weighted by Crippen LogP contribution is 2.42. The van der Waals surface area contributed by atoms with E-state index in [9.17, 15) is 4.79 Å². The van der Waals surface area contributed by atoms with E-state index in [2.05, 4.69) is 17.6 Å². The molecule has 2 atom stereocenters. The van der Waals surface area contributed by atoms with Gasteiger partial charge in [0.1, 0.15) is 0 Å². The maximum atomic E-state index is 11.9. The van der Waals surface area contributed by atoms with Crippen LogP contribution < -0.4 is 10.2 Å². The predicted molar refractivity (Wildman–Crippen MR) is 89.4 cm³/mol. The summed E-state index contributed by atoms with van der Waals surface area (Å²) >= 11 is 7.62. The van der Waals surface area contributed by atoms with Crippen LogP contribution in [-0.2, 0) is 4.79 Å². The molecule has 3 rings (SSSR count). The van der Waals surface area contributed by atoms with E-state index in [4.69, 9.17) is 11.6 Å². The van der Waals surface area contributed by atoms with Gasteiger partial charge in [-0.25, -0.2) is 0 Å². The van der Waals surface area contributed by atoms with Gasteiger partial charge in [-0.15, -0.1) is 11.3 Å². The van der Waals surface area contributed by atoms with Crippen LogP contribution in [0.25, 0.3) is 0 Å². The molecule has 0 fully saturated rings. The van der Waals surface area contributed by atoms with E-state index >= 15 is 0 Å². The topological polar surface area (TPSA) is 32.3 Å². The summed E-state index contributed by atoms with van der Waals surface area (Å²) in [5.41, 5.74) is 2.09. The molecule has 0 radical (unpaired) electrons. The SMILES string of the molecule is CC(=O)N1c2ccsc2[C@H](Nc2ccc(Cl)cc2)C[C@H]1C. The monoisotopic (exact) mass is 320 g/mol. The third-order valence-corrected chi connectivity index (χ3v) is 5.06. The third kappa shape index (κ3) is 2.78. The molecule has 1 N–H and O–H groups in total. The van der Waals surface area contributed by atoms with E-state index in [1.807, 2.05) is 35.2 Å². The minimum atomic E-state index is 0.104. The number of nitrogens with one attached hydrogen (secondary N) is 1. The molecule has 1 aliphatic heterocycles. The summed E-state index contributed by atoms with van der Waals surface area (Å²) in [4.78, 5) is 15.0. The first kappa shape index (κ1) is 14.4. The number of halogens is 1. The number of benzene rings is 1. The summed E-state index contributed by atoms with van der Waals surface area (Å²) in [6, 6.07) is 10.2.